The summed E-state index contributed by atoms with van der Waals surface area (Å²) in [5, 5.41) is 0.590. The number of hydrogen-bond donors (Lipinski definition) is 2. The van der Waals surface area contributed by atoms with Crippen LogP contribution < -0.4 is 5.73 Å². The number of thiazole rings is 1. The van der Waals surface area contributed by atoms with E-state index in [9.17, 15) is 0 Å². The van der Waals surface area contributed by atoms with Crippen molar-refractivity contribution in [3.8, 4) is 0 Å². The maximum atomic E-state index is 5.34. The molecule has 4 heteroatoms. The minimum absolute atomic E-state index is 0.590. The lowest BCUT2D eigenvalue weighted by atomic mass is 10.6. The first-order valence-electron chi connectivity index (χ1n) is 2.12. The smallest absolute Gasteiger partial charge is 0.181 e. The molecule has 2 nitrogen and oxygen atoms in total. The first kappa shape index (κ1) is 5.91. The van der Waals surface area contributed by atoms with Crippen LogP contribution in [0.5, 0.6) is 0 Å². The fourth-order valence-electron chi connectivity index (χ4n) is 0.409. The van der Waals surface area contributed by atoms with Gasteiger partial charge in [0, 0.05) is 0 Å². The van der Waals surface area contributed by atoms with Gasteiger partial charge in [-0.3, -0.25) is 0 Å². The van der Waals surface area contributed by atoms with Crippen LogP contribution >= 0.6 is 24.0 Å². The molecule has 0 aliphatic heterocycles. The molecule has 0 aromatic carbocycles. The van der Waals surface area contributed by atoms with Gasteiger partial charge in [-0.25, -0.2) is 4.98 Å². The number of aryl methyl sites for hydroxylation is 1. The summed E-state index contributed by atoms with van der Waals surface area (Å²) in [7, 11) is 0. The normalized spacial score (nSPS) is 9.75. The maximum Gasteiger partial charge on any atom is 0.181 e. The van der Waals surface area contributed by atoms with Gasteiger partial charge in [0.05, 0.1) is 9.90 Å². The Labute approximate surface area is 57.2 Å². The van der Waals surface area contributed by atoms with Crippen molar-refractivity contribution in [3.05, 3.63) is 5.69 Å². The van der Waals surface area contributed by atoms with Gasteiger partial charge in [-0.15, -0.1) is 12.6 Å². The van der Waals surface area contributed by atoms with Gasteiger partial charge in [0.25, 0.3) is 0 Å². The van der Waals surface area contributed by atoms with E-state index in [1.807, 2.05) is 6.92 Å². The zero-order chi connectivity index (χ0) is 6.15. The minimum atomic E-state index is 0.590. The van der Waals surface area contributed by atoms with E-state index < -0.39 is 0 Å². The molecule has 0 fully saturated rings. The highest BCUT2D eigenvalue weighted by molar-refractivity contribution is 7.83. The number of nitrogens with two attached hydrogens (primary N) is 1. The molecule has 0 saturated heterocycles. The Bertz CT molecular complexity index is 174. The van der Waals surface area contributed by atoms with Crippen LogP contribution in [0.15, 0.2) is 4.21 Å². The molecular weight excluding hydrogens is 140 g/mol. The van der Waals surface area contributed by atoms with Gasteiger partial charge < -0.3 is 5.73 Å². The maximum absolute atomic E-state index is 5.34. The Hall–Kier alpha value is -0.220. The van der Waals surface area contributed by atoms with Crippen LogP contribution in [0, 0.1) is 6.92 Å². The second-order valence-corrected chi connectivity index (χ2v) is 3.22. The monoisotopic (exact) mass is 146 g/mol. The summed E-state index contributed by atoms with van der Waals surface area (Å²) < 4.78 is 0.905. The molecule has 0 spiro atoms. The Balaban J connectivity index is 3.14. The van der Waals surface area contributed by atoms with Crippen LogP contribution in [0.1, 0.15) is 5.69 Å². The second kappa shape index (κ2) is 1.95. The number of rotatable bonds is 0. The van der Waals surface area contributed by atoms with E-state index in [0.29, 0.717) is 5.13 Å². The van der Waals surface area contributed by atoms with Crippen molar-refractivity contribution in [3.63, 3.8) is 0 Å². The van der Waals surface area contributed by atoms with Crippen molar-refractivity contribution < 1.29 is 0 Å². The third kappa shape index (κ3) is 0.952. The summed E-state index contributed by atoms with van der Waals surface area (Å²) in [5.74, 6) is 0. The average Bonchev–Trinajstić information content (AvgIpc) is 1.85. The number of nitrogen functional groups attached to an aromatic ring is 1. The molecule has 0 saturated carbocycles. The quantitative estimate of drug-likeness (QED) is 0.542. The molecular formula is C4H6N2S2. The summed E-state index contributed by atoms with van der Waals surface area (Å²) in [6.07, 6.45) is 0. The lowest BCUT2D eigenvalue weighted by molar-refractivity contribution is 1.22. The molecule has 1 rings (SSSR count). The van der Waals surface area contributed by atoms with E-state index >= 15 is 0 Å². The molecule has 1 aromatic heterocycles. The molecule has 0 atom stereocenters. The number of nitrogens with zero attached hydrogens (tertiary/aromatic N) is 1. The van der Waals surface area contributed by atoms with E-state index in [4.69, 9.17) is 5.73 Å². The van der Waals surface area contributed by atoms with E-state index in [0.717, 1.165) is 9.90 Å². The largest absolute Gasteiger partial charge is 0.375 e. The molecule has 0 radical (unpaired) electrons. The van der Waals surface area contributed by atoms with Crippen molar-refractivity contribution in [1.29, 1.82) is 0 Å². The SMILES string of the molecule is Cc1nc(N)sc1S. The topological polar surface area (TPSA) is 38.9 Å². The molecule has 0 aliphatic rings. The molecule has 0 bridgehead atoms. The second-order valence-electron chi connectivity index (χ2n) is 1.44. The van der Waals surface area contributed by atoms with Crippen molar-refractivity contribution in [2.24, 2.45) is 0 Å². The van der Waals surface area contributed by atoms with Gasteiger partial charge in [-0.2, -0.15) is 0 Å². The van der Waals surface area contributed by atoms with E-state index in [2.05, 4.69) is 17.6 Å². The van der Waals surface area contributed by atoms with Crippen LogP contribution in [0.2, 0.25) is 0 Å². The van der Waals surface area contributed by atoms with E-state index in [1.165, 1.54) is 11.3 Å². The highest BCUT2D eigenvalue weighted by Crippen LogP contribution is 2.22. The fraction of sp³-hybridized carbons (Fsp3) is 0.250. The third-order valence-electron chi connectivity index (χ3n) is 0.789. The summed E-state index contributed by atoms with van der Waals surface area (Å²) in [6.45, 7) is 1.88. The van der Waals surface area contributed by atoms with Gasteiger partial charge in [0.15, 0.2) is 5.13 Å². The summed E-state index contributed by atoms with van der Waals surface area (Å²) in [5.41, 5.74) is 6.25. The Morgan fingerprint density at radius 1 is 1.75 bits per heavy atom. The van der Waals surface area contributed by atoms with E-state index in [1.54, 1.807) is 0 Å². The average molecular weight is 146 g/mol. The Kier molecular flexibility index (Phi) is 1.44. The first-order chi connectivity index (χ1) is 3.70. The number of hydrogen-bond acceptors (Lipinski definition) is 4. The van der Waals surface area contributed by atoms with Crippen LogP contribution in [-0.2, 0) is 0 Å². The lowest BCUT2D eigenvalue weighted by Crippen LogP contribution is -1.80. The summed E-state index contributed by atoms with van der Waals surface area (Å²) >= 11 is 5.49. The molecule has 8 heavy (non-hydrogen) atoms. The van der Waals surface area contributed by atoms with Gasteiger partial charge >= 0.3 is 0 Å². The van der Waals surface area contributed by atoms with Crippen molar-refractivity contribution >= 4 is 29.1 Å². The van der Waals surface area contributed by atoms with Gasteiger partial charge in [-0.05, 0) is 6.92 Å². The van der Waals surface area contributed by atoms with E-state index in [-0.39, 0.29) is 0 Å². The fourth-order valence-corrected chi connectivity index (χ4v) is 1.31. The van der Waals surface area contributed by atoms with Crippen LogP contribution in [0.3, 0.4) is 0 Å². The van der Waals surface area contributed by atoms with Gasteiger partial charge in [0.1, 0.15) is 0 Å². The molecule has 0 amide bonds. The Morgan fingerprint density at radius 3 is 2.50 bits per heavy atom. The summed E-state index contributed by atoms with van der Waals surface area (Å²) in [4.78, 5) is 3.93. The Morgan fingerprint density at radius 2 is 2.38 bits per heavy atom. The zero-order valence-electron chi connectivity index (χ0n) is 4.38. The standard InChI is InChI=1S/C4H6N2S2/c1-2-3(7)8-4(5)6-2/h7H,1H3,(H2,5,6). The highest BCUT2D eigenvalue weighted by Gasteiger charge is 1.97. The number of anilines is 1. The zero-order valence-corrected chi connectivity index (χ0v) is 6.09. The highest BCUT2D eigenvalue weighted by atomic mass is 32.2. The molecule has 1 aromatic rings. The minimum Gasteiger partial charge on any atom is -0.375 e. The predicted molar refractivity (Wildman–Crippen MR) is 38.5 cm³/mol. The summed E-state index contributed by atoms with van der Waals surface area (Å²) in [6, 6.07) is 0. The van der Waals surface area contributed by atoms with Crippen molar-refractivity contribution in [2.75, 3.05) is 5.73 Å². The molecule has 0 aliphatic carbocycles. The lowest BCUT2D eigenvalue weighted by Gasteiger charge is -1.76. The predicted octanol–water partition coefficient (Wildman–Crippen LogP) is 1.32. The third-order valence-corrected chi connectivity index (χ3v) is 2.18. The molecule has 44 valence electrons. The van der Waals surface area contributed by atoms with Gasteiger partial charge in [-0.1, -0.05) is 11.3 Å². The molecule has 1 heterocycles. The van der Waals surface area contributed by atoms with Crippen molar-refractivity contribution in [2.45, 2.75) is 11.1 Å². The molecule has 0 unspecified atom stereocenters. The van der Waals surface area contributed by atoms with Crippen LogP contribution in [0.4, 0.5) is 5.13 Å². The van der Waals surface area contributed by atoms with Gasteiger partial charge in [0.2, 0.25) is 0 Å². The van der Waals surface area contributed by atoms with Crippen LogP contribution in [-0.4, -0.2) is 4.98 Å². The number of thiol groups is 1. The molecule has 2 N–H and O–H groups in total. The number of aromatic nitrogens is 1. The van der Waals surface area contributed by atoms with Crippen molar-refractivity contribution in [1.82, 2.24) is 4.98 Å². The van der Waals surface area contributed by atoms with Crippen LogP contribution in [0.25, 0.3) is 0 Å². The first-order valence-corrected chi connectivity index (χ1v) is 3.38.